The number of nitrogens with one attached hydrogen (secondary N) is 1. The zero-order valence-electron chi connectivity index (χ0n) is 9.08. The summed E-state index contributed by atoms with van der Waals surface area (Å²) in [5.41, 5.74) is 0. The molecule has 1 rings (SSSR count). The van der Waals surface area contributed by atoms with E-state index >= 15 is 0 Å². The van der Waals surface area contributed by atoms with E-state index in [9.17, 15) is 4.79 Å². The van der Waals surface area contributed by atoms with Crippen molar-refractivity contribution in [2.24, 2.45) is 5.92 Å². The van der Waals surface area contributed by atoms with Crippen LogP contribution in [0.1, 0.15) is 13.3 Å². The van der Waals surface area contributed by atoms with E-state index in [2.05, 4.69) is 17.3 Å². The third kappa shape index (κ3) is 4.07. The van der Waals surface area contributed by atoms with E-state index in [-0.39, 0.29) is 12.5 Å². The van der Waals surface area contributed by atoms with Crippen LogP contribution in [-0.2, 0) is 9.53 Å². The average Bonchev–Trinajstić information content (AvgIpc) is 2.58. The molecule has 1 N–H and O–H groups in total. The Morgan fingerprint density at radius 2 is 2.43 bits per heavy atom. The van der Waals surface area contributed by atoms with E-state index in [0.29, 0.717) is 12.5 Å². The van der Waals surface area contributed by atoms with E-state index in [4.69, 9.17) is 4.74 Å². The van der Waals surface area contributed by atoms with E-state index in [1.54, 1.807) is 0 Å². The number of amides is 1. The molecule has 0 spiro atoms. The Morgan fingerprint density at radius 3 is 3.00 bits per heavy atom. The quantitative estimate of drug-likeness (QED) is 0.684. The van der Waals surface area contributed by atoms with E-state index < -0.39 is 0 Å². The highest BCUT2D eigenvalue weighted by atomic mass is 16.5. The van der Waals surface area contributed by atoms with Crippen molar-refractivity contribution < 1.29 is 9.53 Å². The third-order valence-corrected chi connectivity index (χ3v) is 2.51. The van der Waals surface area contributed by atoms with Crippen LogP contribution in [0, 0.1) is 5.92 Å². The van der Waals surface area contributed by atoms with Gasteiger partial charge in [0.15, 0.2) is 0 Å². The van der Waals surface area contributed by atoms with Gasteiger partial charge in [-0.1, -0.05) is 0 Å². The van der Waals surface area contributed by atoms with Gasteiger partial charge in [0.05, 0.1) is 0 Å². The fourth-order valence-electron chi connectivity index (χ4n) is 1.70. The number of carbonyl (C=O) groups is 1. The summed E-state index contributed by atoms with van der Waals surface area (Å²) in [6.07, 6.45) is 1.19. The summed E-state index contributed by atoms with van der Waals surface area (Å²) in [7, 11) is 2.11. The van der Waals surface area contributed by atoms with Crippen molar-refractivity contribution in [2.45, 2.75) is 13.3 Å². The molecule has 1 unspecified atom stereocenters. The monoisotopic (exact) mass is 200 g/mol. The van der Waals surface area contributed by atoms with Gasteiger partial charge in [-0.05, 0) is 32.9 Å². The van der Waals surface area contributed by atoms with Crippen LogP contribution < -0.4 is 5.32 Å². The molecule has 1 fully saturated rings. The second kappa shape index (κ2) is 5.98. The SMILES string of the molecule is CCOCC(=O)NCC1CCN(C)C1. The summed E-state index contributed by atoms with van der Waals surface area (Å²) < 4.78 is 5.01. The first kappa shape index (κ1) is 11.5. The van der Waals surface area contributed by atoms with Crippen LogP contribution in [0.25, 0.3) is 0 Å². The van der Waals surface area contributed by atoms with Crippen molar-refractivity contribution >= 4 is 5.91 Å². The van der Waals surface area contributed by atoms with Gasteiger partial charge in [0.1, 0.15) is 6.61 Å². The van der Waals surface area contributed by atoms with Crippen LogP contribution in [0.15, 0.2) is 0 Å². The van der Waals surface area contributed by atoms with Crippen LogP contribution in [-0.4, -0.2) is 50.7 Å². The highest BCUT2D eigenvalue weighted by molar-refractivity contribution is 5.77. The molecule has 82 valence electrons. The van der Waals surface area contributed by atoms with Crippen molar-refractivity contribution in [3.8, 4) is 0 Å². The van der Waals surface area contributed by atoms with E-state index in [1.165, 1.54) is 6.42 Å². The first-order chi connectivity index (χ1) is 6.72. The van der Waals surface area contributed by atoms with Crippen molar-refractivity contribution in [1.82, 2.24) is 10.2 Å². The van der Waals surface area contributed by atoms with Crippen LogP contribution in [0.4, 0.5) is 0 Å². The molecule has 1 aliphatic rings. The summed E-state index contributed by atoms with van der Waals surface area (Å²) in [6.45, 7) is 5.70. The van der Waals surface area contributed by atoms with Crippen LogP contribution in [0.3, 0.4) is 0 Å². The molecular weight excluding hydrogens is 180 g/mol. The lowest BCUT2D eigenvalue weighted by Crippen LogP contribution is -2.33. The molecule has 1 aliphatic heterocycles. The topological polar surface area (TPSA) is 41.6 Å². The number of hydrogen-bond acceptors (Lipinski definition) is 3. The molecule has 0 aromatic rings. The Kier molecular flexibility index (Phi) is 4.90. The fourth-order valence-corrected chi connectivity index (χ4v) is 1.70. The van der Waals surface area contributed by atoms with Gasteiger partial charge < -0.3 is 15.0 Å². The molecule has 0 aromatic heterocycles. The maximum atomic E-state index is 11.2. The molecule has 1 amide bonds. The molecule has 1 atom stereocenters. The van der Waals surface area contributed by atoms with Gasteiger partial charge in [-0.15, -0.1) is 0 Å². The first-order valence-corrected chi connectivity index (χ1v) is 5.25. The van der Waals surface area contributed by atoms with Crippen molar-refractivity contribution in [2.75, 3.05) is 39.9 Å². The van der Waals surface area contributed by atoms with Crippen LogP contribution >= 0.6 is 0 Å². The number of rotatable bonds is 5. The summed E-state index contributed by atoms with van der Waals surface area (Å²) in [6, 6.07) is 0. The molecule has 1 heterocycles. The summed E-state index contributed by atoms with van der Waals surface area (Å²) in [5.74, 6) is 0.618. The summed E-state index contributed by atoms with van der Waals surface area (Å²) >= 11 is 0. The Balaban J connectivity index is 2.05. The Labute approximate surface area is 85.6 Å². The van der Waals surface area contributed by atoms with Gasteiger partial charge in [0.2, 0.25) is 5.91 Å². The second-order valence-electron chi connectivity index (χ2n) is 3.86. The van der Waals surface area contributed by atoms with Crippen molar-refractivity contribution in [3.63, 3.8) is 0 Å². The van der Waals surface area contributed by atoms with Gasteiger partial charge in [-0.25, -0.2) is 0 Å². The Hall–Kier alpha value is -0.610. The third-order valence-electron chi connectivity index (χ3n) is 2.51. The number of hydrogen-bond donors (Lipinski definition) is 1. The number of ether oxygens (including phenoxy) is 1. The Morgan fingerprint density at radius 1 is 1.64 bits per heavy atom. The van der Waals surface area contributed by atoms with E-state index in [1.807, 2.05) is 6.92 Å². The minimum absolute atomic E-state index is 0.00130. The second-order valence-corrected chi connectivity index (χ2v) is 3.86. The largest absolute Gasteiger partial charge is 0.372 e. The zero-order chi connectivity index (χ0) is 10.4. The molecule has 0 aliphatic carbocycles. The van der Waals surface area contributed by atoms with Gasteiger partial charge in [0.25, 0.3) is 0 Å². The van der Waals surface area contributed by atoms with Crippen LogP contribution in [0.2, 0.25) is 0 Å². The predicted octanol–water partition coefficient (Wildman–Crippen LogP) is 0.0908. The first-order valence-electron chi connectivity index (χ1n) is 5.25. The van der Waals surface area contributed by atoms with Crippen molar-refractivity contribution in [3.05, 3.63) is 0 Å². The van der Waals surface area contributed by atoms with Crippen LogP contribution in [0.5, 0.6) is 0 Å². The molecule has 0 aromatic carbocycles. The molecule has 4 nitrogen and oxygen atoms in total. The highest BCUT2D eigenvalue weighted by Gasteiger charge is 2.19. The van der Waals surface area contributed by atoms with Gasteiger partial charge in [0, 0.05) is 19.7 Å². The predicted molar refractivity (Wildman–Crippen MR) is 55.1 cm³/mol. The molecule has 14 heavy (non-hydrogen) atoms. The molecule has 4 heteroatoms. The summed E-state index contributed by atoms with van der Waals surface area (Å²) in [5, 5.41) is 2.89. The molecule has 1 saturated heterocycles. The number of carbonyl (C=O) groups excluding carboxylic acids is 1. The van der Waals surface area contributed by atoms with E-state index in [0.717, 1.165) is 19.6 Å². The molecule has 0 bridgehead atoms. The lowest BCUT2D eigenvalue weighted by molar-refractivity contribution is -0.125. The average molecular weight is 200 g/mol. The van der Waals surface area contributed by atoms with Crippen molar-refractivity contribution in [1.29, 1.82) is 0 Å². The minimum atomic E-state index is 0.00130. The Bertz CT molecular complexity index is 185. The fraction of sp³-hybridized carbons (Fsp3) is 0.900. The lowest BCUT2D eigenvalue weighted by Gasteiger charge is -2.11. The number of nitrogens with zero attached hydrogens (tertiary/aromatic N) is 1. The highest BCUT2D eigenvalue weighted by Crippen LogP contribution is 2.12. The maximum absolute atomic E-state index is 11.2. The van der Waals surface area contributed by atoms with Gasteiger partial charge in [-0.2, -0.15) is 0 Å². The normalized spacial score (nSPS) is 22.6. The zero-order valence-corrected chi connectivity index (χ0v) is 9.08. The summed E-state index contributed by atoms with van der Waals surface area (Å²) in [4.78, 5) is 13.5. The maximum Gasteiger partial charge on any atom is 0.246 e. The lowest BCUT2D eigenvalue weighted by atomic mass is 10.1. The van der Waals surface area contributed by atoms with Gasteiger partial charge >= 0.3 is 0 Å². The minimum Gasteiger partial charge on any atom is -0.372 e. The molecule has 0 radical (unpaired) electrons. The molecular formula is C10H20N2O2. The standard InChI is InChI=1S/C10H20N2O2/c1-3-14-8-10(13)11-6-9-4-5-12(2)7-9/h9H,3-8H2,1-2H3,(H,11,13). The molecule has 0 saturated carbocycles. The number of likely N-dealkylation sites (tertiary alicyclic amines) is 1. The van der Waals surface area contributed by atoms with Gasteiger partial charge in [-0.3, -0.25) is 4.79 Å². The smallest absolute Gasteiger partial charge is 0.246 e.